The van der Waals surface area contributed by atoms with E-state index in [1.165, 1.54) is 23.9 Å². The topological polar surface area (TPSA) is 46.2 Å². The Balaban J connectivity index is 2.07. The lowest BCUT2D eigenvalue weighted by molar-refractivity contribution is 0.471. The van der Waals surface area contributed by atoms with Gasteiger partial charge in [0.05, 0.1) is 0 Å². The molecule has 0 aliphatic heterocycles. The highest BCUT2D eigenvalue weighted by Crippen LogP contribution is 2.28. The summed E-state index contributed by atoms with van der Waals surface area (Å²) < 4.78 is 12.7. The van der Waals surface area contributed by atoms with Crippen LogP contribution in [0.2, 0.25) is 0 Å². The molecule has 0 heterocycles. The number of rotatable bonds is 3. The minimum atomic E-state index is -0.249. The molecule has 0 saturated carbocycles. The van der Waals surface area contributed by atoms with Crippen LogP contribution >= 0.6 is 11.8 Å². The SMILES string of the molecule is Nc1ccc(O)c(CSc2ccc(F)cc2)c1. The van der Waals surface area contributed by atoms with Crippen LogP contribution in [-0.4, -0.2) is 5.11 Å². The highest BCUT2D eigenvalue weighted by Gasteiger charge is 2.03. The summed E-state index contributed by atoms with van der Waals surface area (Å²) in [4.78, 5) is 0.952. The number of thioether (sulfide) groups is 1. The lowest BCUT2D eigenvalue weighted by atomic mass is 10.2. The van der Waals surface area contributed by atoms with E-state index >= 15 is 0 Å². The molecule has 2 aromatic carbocycles. The number of phenolic OH excluding ortho intramolecular Hbond substituents is 1. The van der Waals surface area contributed by atoms with Crippen molar-refractivity contribution in [2.75, 3.05) is 5.73 Å². The fraction of sp³-hybridized carbons (Fsp3) is 0.0769. The van der Waals surface area contributed by atoms with Gasteiger partial charge < -0.3 is 10.8 Å². The van der Waals surface area contributed by atoms with Crippen LogP contribution in [-0.2, 0) is 5.75 Å². The van der Waals surface area contributed by atoms with Crippen LogP contribution in [0.4, 0.5) is 10.1 Å². The van der Waals surface area contributed by atoms with Crippen LogP contribution in [0, 0.1) is 5.82 Å². The first-order valence-corrected chi connectivity index (χ1v) is 6.09. The molecule has 2 nitrogen and oxygen atoms in total. The molecular formula is C13H12FNOS. The molecule has 2 aromatic rings. The van der Waals surface area contributed by atoms with Crippen LogP contribution in [0.1, 0.15) is 5.56 Å². The highest BCUT2D eigenvalue weighted by molar-refractivity contribution is 7.98. The van der Waals surface area contributed by atoms with Gasteiger partial charge in [0.2, 0.25) is 0 Å². The summed E-state index contributed by atoms with van der Waals surface area (Å²) >= 11 is 1.52. The molecule has 0 aliphatic rings. The summed E-state index contributed by atoms with van der Waals surface area (Å²) in [7, 11) is 0. The first-order chi connectivity index (χ1) is 8.15. The molecule has 0 spiro atoms. The van der Waals surface area contributed by atoms with Crippen molar-refractivity contribution in [2.24, 2.45) is 0 Å². The van der Waals surface area contributed by atoms with Crippen molar-refractivity contribution < 1.29 is 9.50 Å². The first kappa shape index (κ1) is 11.8. The lowest BCUT2D eigenvalue weighted by Gasteiger charge is -2.05. The maximum absolute atomic E-state index is 12.7. The van der Waals surface area contributed by atoms with Crippen LogP contribution in [0.25, 0.3) is 0 Å². The Morgan fingerprint density at radius 1 is 1.12 bits per heavy atom. The zero-order valence-electron chi connectivity index (χ0n) is 9.06. The first-order valence-electron chi connectivity index (χ1n) is 5.11. The molecule has 0 radical (unpaired) electrons. The van der Waals surface area contributed by atoms with E-state index in [2.05, 4.69) is 0 Å². The molecule has 88 valence electrons. The van der Waals surface area contributed by atoms with Crippen molar-refractivity contribution in [3.63, 3.8) is 0 Å². The van der Waals surface area contributed by atoms with E-state index in [1.54, 1.807) is 30.3 Å². The van der Waals surface area contributed by atoms with E-state index in [4.69, 9.17) is 5.73 Å². The predicted octanol–water partition coefficient (Wildman–Crippen LogP) is 3.41. The second-order valence-electron chi connectivity index (χ2n) is 3.63. The number of aromatic hydroxyl groups is 1. The summed E-state index contributed by atoms with van der Waals surface area (Å²) in [6, 6.07) is 11.2. The number of hydrogen-bond acceptors (Lipinski definition) is 3. The highest BCUT2D eigenvalue weighted by atomic mass is 32.2. The number of nitrogens with two attached hydrogens (primary N) is 1. The molecule has 0 atom stereocenters. The number of nitrogen functional groups attached to an aromatic ring is 1. The van der Waals surface area contributed by atoms with Crippen LogP contribution in [0.15, 0.2) is 47.4 Å². The molecule has 0 amide bonds. The average molecular weight is 249 g/mol. The number of halogens is 1. The Hall–Kier alpha value is -1.68. The Kier molecular flexibility index (Phi) is 3.54. The fourth-order valence-corrected chi connectivity index (χ4v) is 2.29. The van der Waals surface area contributed by atoms with Gasteiger partial charge in [-0.2, -0.15) is 0 Å². The minimum absolute atomic E-state index is 0.230. The molecule has 0 unspecified atom stereocenters. The predicted molar refractivity (Wildman–Crippen MR) is 68.5 cm³/mol. The molecule has 4 heteroatoms. The minimum Gasteiger partial charge on any atom is -0.508 e. The Bertz CT molecular complexity index is 513. The lowest BCUT2D eigenvalue weighted by Crippen LogP contribution is -1.88. The quantitative estimate of drug-likeness (QED) is 0.498. The number of hydrogen-bond donors (Lipinski definition) is 2. The molecule has 2 rings (SSSR count). The zero-order chi connectivity index (χ0) is 12.3. The van der Waals surface area contributed by atoms with Gasteiger partial charge in [-0.15, -0.1) is 11.8 Å². The van der Waals surface area contributed by atoms with Crippen molar-refractivity contribution in [1.82, 2.24) is 0 Å². The molecule has 0 fully saturated rings. The summed E-state index contributed by atoms with van der Waals surface area (Å²) in [5.74, 6) is 0.581. The number of benzene rings is 2. The van der Waals surface area contributed by atoms with Gasteiger partial charge >= 0.3 is 0 Å². The molecule has 3 N–H and O–H groups in total. The number of phenols is 1. The molecule has 0 saturated heterocycles. The van der Waals surface area contributed by atoms with E-state index in [0.717, 1.165) is 10.5 Å². The Labute approximate surface area is 103 Å². The van der Waals surface area contributed by atoms with Gasteiger partial charge in [0.1, 0.15) is 11.6 Å². The summed E-state index contributed by atoms with van der Waals surface area (Å²) in [5.41, 5.74) is 7.05. The number of anilines is 1. The van der Waals surface area contributed by atoms with Gasteiger partial charge in [-0.3, -0.25) is 0 Å². The van der Waals surface area contributed by atoms with Crippen LogP contribution in [0.3, 0.4) is 0 Å². The van der Waals surface area contributed by atoms with Crippen molar-refractivity contribution >= 4 is 17.4 Å². The standard InChI is InChI=1S/C13H12FNOS/c14-10-1-4-12(5-2-10)17-8-9-7-11(15)3-6-13(9)16/h1-7,16H,8,15H2. The largest absolute Gasteiger partial charge is 0.508 e. The normalized spacial score (nSPS) is 10.4. The van der Waals surface area contributed by atoms with Gasteiger partial charge in [0, 0.05) is 21.9 Å². The van der Waals surface area contributed by atoms with Gasteiger partial charge in [0.25, 0.3) is 0 Å². The summed E-state index contributed by atoms with van der Waals surface area (Å²) in [6.07, 6.45) is 0. The smallest absolute Gasteiger partial charge is 0.123 e. The van der Waals surface area contributed by atoms with Crippen LogP contribution in [0.5, 0.6) is 5.75 Å². The van der Waals surface area contributed by atoms with E-state index in [-0.39, 0.29) is 11.6 Å². The van der Waals surface area contributed by atoms with Crippen molar-refractivity contribution in [1.29, 1.82) is 0 Å². The third-order valence-electron chi connectivity index (χ3n) is 2.31. The third-order valence-corrected chi connectivity index (χ3v) is 3.37. The van der Waals surface area contributed by atoms with Gasteiger partial charge in [-0.1, -0.05) is 0 Å². The van der Waals surface area contributed by atoms with E-state index in [9.17, 15) is 9.50 Å². The third kappa shape index (κ3) is 3.14. The maximum atomic E-state index is 12.7. The second-order valence-corrected chi connectivity index (χ2v) is 4.68. The van der Waals surface area contributed by atoms with E-state index in [0.29, 0.717) is 11.4 Å². The van der Waals surface area contributed by atoms with E-state index in [1.807, 2.05) is 0 Å². The molecule has 0 aromatic heterocycles. The fourth-order valence-electron chi connectivity index (χ4n) is 1.41. The summed E-state index contributed by atoms with van der Waals surface area (Å²) in [5, 5.41) is 9.63. The Morgan fingerprint density at radius 3 is 2.53 bits per heavy atom. The monoisotopic (exact) mass is 249 g/mol. The zero-order valence-corrected chi connectivity index (χ0v) is 9.88. The molecular weight excluding hydrogens is 237 g/mol. The van der Waals surface area contributed by atoms with Crippen molar-refractivity contribution in [2.45, 2.75) is 10.6 Å². The molecule has 0 bridgehead atoms. The maximum Gasteiger partial charge on any atom is 0.123 e. The van der Waals surface area contributed by atoms with Gasteiger partial charge in [0.15, 0.2) is 0 Å². The Morgan fingerprint density at radius 2 is 1.82 bits per heavy atom. The van der Waals surface area contributed by atoms with Crippen molar-refractivity contribution in [3.8, 4) is 5.75 Å². The van der Waals surface area contributed by atoms with E-state index < -0.39 is 0 Å². The van der Waals surface area contributed by atoms with Crippen LogP contribution < -0.4 is 5.73 Å². The van der Waals surface area contributed by atoms with Crippen molar-refractivity contribution in [3.05, 3.63) is 53.8 Å². The van der Waals surface area contributed by atoms with Gasteiger partial charge in [-0.25, -0.2) is 4.39 Å². The molecule has 17 heavy (non-hydrogen) atoms. The molecule has 0 aliphatic carbocycles. The van der Waals surface area contributed by atoms with Gasteiger partial charge in [-0.05, 0) is 42.5 Å². The summed E-state index contributed by atoms with van der Waals surface area (Å²) in [6.45, 7) is 0. The second kappa shape index (κ2) is 5.10. The average Bonchev–Trinajstić information content (AvgIpc) is 2.32.